The summed E-state index contributed by atoms with van der Waals surface area (Å²) in [6.07, 6.45) is 1.74. The summed E-state index contributed by atoms with van der Waals surface area (Å²) in [5.41, 5.74) is 0.322. The van der Waals surface area contributed by atoms with E-state index in [0.29, 0.717) is 17.9 Å². The van der Waals surface area contributed by atoms with Gasteiger partial charge in [0.2, 0.25) is 5.76 Å². The number of hydrogen-bond acceptors (Lipinski definition) is 5. The Bertz CT molecular complexity index is 598. The molecule has 0 unspecified atom stereocenters. The number of anilines is 1. The van der Waals surface area contributed by atoms with Crippen LogP contribution < -0.4 is 5.32 Å². The second-order valence-corrected chi connectivity index (χ2v) is 3.76. The van der Waals surface area contributed by atoms with E-state index in [1.54, 1.807) is 6.92 Å². The molecule has 2 aromatic heterocycles. The number of carboxylic acids is 1. The van der Waals surface area contributed by atoms with Gasteiger partial charge in [-0.05, 0) is 18.6 Å². The molecule has 6 nitrogen and oxygen atoms in total. The van der Waals surface area contributed by atoms with Crippen LogP contribution in [0.4, 0.5) is 10.2 Å². The van der Waals surface area contributed by atoms with E-state index >= 15 is 0 Å². The van der Waals surface area contributed by atoms with Gasteiger partial charge in [-0.1, -0.05) is 6.92 Å². The molecule has 0 amide bonds. The third-order valence-electron chi connectivity index (χ3n) is 2.50. The topological polar surface area (TPSA) is 88.2 Å². The van der Waals surface area contributed by atoms with E-state index in [1.807, 2.05) is 0 Å². The molecule has 0 aliphatic rings. The molecule has 100 valence electrons. The zero-order valence-corrected chi connectivity index (χ0v) is 10.2. The van der Waals surface area contributed by atoms with Crippen molar-refractivity contribution in [1.82, 2.24) is 9.97 Å². The van der Waals surface area contributed by atoms with Crippen molar-refractivity contribution < 1.29 is 18.7 Å². The highest BCUT2D eigenvalue weighted by molar-refractivity contribution is 5.84. The van der Waals surface area contributed by atoms with Gasteiger partial charge < -0.3 is 14.8 Å². The fourth-order valence-electron chi connectivity index (χ4n) is 1.53. The number of halogens is 1. The van der Waals surface area contributed by atoms with E-state index in [2.05, 4.69) is 15.3 Å². The van der Waals surface area contributed by atoms with Crippen molar-refractivity contribution in [3.63, 3.8) is 0 Å². The molecule has 2 heterocycles. The number of aromatic nitrogens is 2. The lowest BCUT2D eigenvalue weighted by molar-refractivity contribution is 0.0660. The van der Waals surface area contributed by atoms with Crippen molar-refractivity contribution in [1.29, 1.82) is 0 Å². The molecule has 0 radical (unpaired) electrons. The van der Waals surface area contributed by atoms with Gasteiger partial charge in [-0.25, -0.2) is 19.2 Å². The van der Waals surface area contributed by atoms with E-state index in [-0.39, 0.29) is 18.1 Å². The molecule has 0 fully saturated rings. The predicted octanol–water partition coefficient (Wildman–Crippen LogP) is 2.08. The first-order valence-electron chi connectivity index (χ1n) is 5.67. The molecule has 7 heteroatoms. The molecule has 0 bridgehead atoms. The van der Waals surface area contributed by atoms with Gasteiger partial charge in [0.25, 0.3) is 0 Å². The minimum absolute atomic E-state index is 0.0696. The Kier molecular flexibility index (Phi) is 3.74. The van der Waals surface area contributed by atoms with Crippen molar-refractivity contribution >= 4 is 11.8 Å². The summed E-state index contributed by atoms with van der Waals surface area (Å²) in [7, 11) is 0. The lowest BCUT2D eigenvalue weighted by Gasteiger charge is -2.06. The number of carboxylic acid groups (broad SMARTS) is 1. The third kappa shape index (κ3) is 2.87. The largest absolute Gasteiger partial charge is 0.475 e. The van der Waals surface area contributed by atoms with E-state index in [9.17, 15) is 9.18 Å². The Morgan fingerprint density at radius 1 is 1.47 bits per heavy atom. The van der Waals surface area contributed by atoms with Crippen LogP contribution in [0, 0.1) is 5.82 Å². The second-order valence-electron chi connectivity index (χ2n) is 3.76. The van der Waals surface area contributed by atoms with Crippen LogP contribution in [0.1, 0.15) is 28.9 Å². The van der Waals surface area contributed by atoms with Gasteiger partial charge in [-0.3, -0.25) is 0 Å². The van der Waals surface area contributed by atoms with Gasteiger partial charge in [0.05, 0.1) is 12.2 Å². The number of aromatic carboxylic acids is 1. The summed E-state index contributed by atoms with van der Waals surface area (Å²) in [6.45, 7) is 1.94. The molecule has 0 saturated heterocycles. The molecule has 0 aromatic carbocycles. The maximum absolute atomic E-state index is 13.8. The van der Waals surface area contributed by atoms with Crippen LogP contribution >= 0.6 is 0 Å². The summed E-state index contributed by atoms with van der Waals surface area (Å²) >= 11 is 0. The number of nitrogens with one attached hydrogen (secondary N) is 1. The Morgan fingerprint density at radius 2 is 2.26 bits per heavy atom. The van der Waals surface area contributed by atoms with Crippen molar-refractivity contribution in [3.05, 3.63) is 41.5 Å². The van der Waals surface area contributed by atoms with Crippen LogP contribution in [-0.2, 0) is 13.0 Å². The van der Waals surface area contributed by atoms with Crippen LogP contribution in [-0.4, -0.2) is 21.0 Å². The van der Waals surface area contributed by atoms with E-state index in [1.165, 1.54) is 18.5 Å². The molecule has 0 saturated carbocycles. The van der Waals surface area contributed by atoms with Crippen molar-refractivity contribution in [2.45, 2.75) is 19.9 Å². The smallest absolute Gasteiger partial charge is 0.371 e. The first-order valence-corrected chi connectivity index (χ1v) is 5.67. The van der Waals surface area contributed by atoms with Crippen LogP contribution in [0.3, 0.4) is 0 Å². The Labute approximate surface area is 108 Å². The lowest BCUT2D eigenvalue weighted by Crippen LogP contribution is -2.06. The van der Waals surface area contributed by atoms with E-state index in [0.717, 1.165) is 0 Å². The predicted molar refractivity (Wildman–Crippen MR) is 64.4 cm³/mol. The Balaban J connectivity index is 2.08. The highest BCUT2D eigenvalue weighted by atomic mass is 19.1. The molecule has 0 atom stereocenters. The number of nitrogens with zero attached hydrogens (tertiary/aromatic N) is 2. The molecular formula is C12H12FN3O3. The molecule has 19 heavy (non-hydrogen) atoms. The normalized spacial score (nSPS) is 10.4. The second kappa shape index (κ2) is 5.47. The maximum atomic E-state index is 13.8. The minimum atomic E-state index is -1.15. The van der Waals surface area contributed by atoms with Gasteiger partial charge in [0, 0.05) is 0 Å². The molecular weight excluding hydrogens is 253 g/mol. The first-order chi connectivity index (χ1) is 9.11. The molecule has 0 aliphatic carbocycles. The van der Waals surface area contributed by atoms with Crippen molar-refractivity contribution in [3.8, 4) is 0 Å². The first kappa shape index (κ1) is 13.0. The fourth-order valence-corrected chi connectivity index (χ4v) is 1.53. The fraction of sp³-hybridized carbons (Fsp3) is 0.250. The summed E-state index contributed by atoms with van der Waals surface area (Å²) in [5, 5.41) is 11.4. The highest BCUT2D eigenvalue weighted by Gasteiger charge is 2.11. The van der Waals surface area contributed by atoms with Crippen LogP contribution in [0.2, 0.25) is 0 Å². The van der Waals surface area contributed by atoms with E-state index in [4.69, 9.17) is 9.52 Å². The van der Waals surface area contributed by atoms with Crippen LogP contribution in [0.25, 0.3) is 0 Å². The summed E-state index contributed by atoms with van der Waals surface area (Å²) < 4.78 is 18.8. The standard InChI is InChI=1S/C12H12FN3O3/c1-2-8-10(13)11(16-6-15-8)14-5-7-3-4-9(19-7)12(17)18/h3-4,6H,2,5H2,1H3,(H,17,18)(H,14,15,16). The van der Waals surface area contributed by atoms with Gasteiger partial charge in [0.15, 0.2) is 11.6 Å². The number of rotatable bonds is 5. The van der Waals surface area contributed by atoms with Crippen LogP contribution in [0.15, 0.2) is 22.9 Å². The third-order valence-corrected chi connectivity index (χ3v) is 2.50. The molecule has 2 aromatic rings. The van der Waals surface area contributed by atoms with Gasteiger partial charge in [-0.15, -0.1) is 0 Å². The number of carbonyl (C=O) groups is 1. The number of furan rings is 1. The Morgan fingerprint density at radius 3 is 2.89 bits per heavy atom. The number of hydrogen-bond donors (Lipinski definition) is 2. The van der Waals surface area contributed by atoms with E-state index < -0.39 is 11.8 Å². The Hall–Kier alpha value is -2.44. The van der Waals surface area contributed by atoms with Crippen molar-refractivity contribution in [2.75, 3.05) is 5.32 Å². The van der Waals surface area contributed by atoms with Gasteiger partial charge in [0.1, 0.15) is 12.1 Å². The van der Waals surface area contributed by atoms with Gasteiger partial charge >= 0.3 is 5.97 Å². The monoisotopic (exact) mass is 265 g/mol. The number of aryl methyl sites for hydroxylation is 1. The lowest BCUT2D eigenvalue weighted by atomic mass is 10.3. The SMILES string of the molecule is CCc1ncnc(NCc2ccc(C(=O)O)o2)c1F. The zero-order valence-electron chi connectivity index (χ0n) is 10.2. The quantitative estimate of drug-likeness (QED) is 0.860. The zero-order chi connectivity index (χ0) is 13.8. The molecule has 0 spiro atoms. The maximum Gasteiger partial charge on any atom is 0.371 e. The average Bonchev–Trinajstić information content (AvgIpc) is 2.86. The summed E-state index contributed by atoms with van der Waals surface area (Å²) in [6, 6.07) is 2.85. The average molecular weight is 265 g/mol. The van der Waals surface area contributed by atoms with Crippen LogP contribution in [0.5, 0.6) is 0 Å². The summed E-state index contributed by atoms with van der Waals surface area (Å²) in [5.74, 6) is -1.36. The molecule has 2 rings (SSSR count). The van der Waals surface area contributed by atoms with Gasteiger partial charge in [-0.2, -0.15) is 0 Å². The molecule has 0 aliphatic heterocycles. The molecule has 2 N–H and O–H groups in total. The van der Waals surface area contributed by atoms with Crippen molar-refractivity contribution in [2.24, 2.45) is 0 Å². The summed E-state index contributed by atoms with van der Waals surface area (Å²) in [4.78, 5) is 18.2. The highest BCUT2D eigenvalue weighted by Crippen LogP contribution is 2.15. The minimum Gasteiger partial charge on any atom is -0.475 e.